The summed E-state index contributed by atoms with van der Waals surface area (Å²) in [5.41, 5.74) is 2.97. The lowest BCUT2D eigenvalue weighted by atomic mass is 10.0. The van der Waals surface area contributed by atoms with E-state index in [1.54, 1.807) is 30.3 Å². The molecule has 4 rings (SSSR count). The van der Waals surface area contributed by atoms with Crippen LogP contribution in [-0.4, -0.2) is 12.4 Å². The van der Waals surface area contributed by atoms with Gasteiger partial charge in [-0.25, -0.2) is 0 Å². The number of benzene rings is 3. The third kappa shape index (κ3) is 4.28. The number of ketones is 1. The van der Waals surface area contributed by atoms with Gasteiger partial charge >= 0.3 is 0 Å². The first-order valence-electron chi connectivity index (χ1n) is 9.40. The summed E-state index contributed by atoms with van der Waals surface area (Å²) < 4.78 is 11.6. The van der Waals surface area contributed by atoms with Crippen LogP contribution in [0, 0.1) is 6.92 Å². The maximum absolute atomic E-state index is 12.8. The summed E-state index contributed by atoms with van der Waals surface area (Å²) in [4.78, 5) is 12.8. The number of hydrogen-bond acceptors (Lipinski definition) is 3. The molecule has 0 unspecified atom stereocenters. The highest BCUT2D eigenvalue weighted by Crippen LogP contribution is 2.38. The van der Waals surface area contributed by atoms with E-state index in [0.717, 1.165) is 11.1 Å². The molecule has 0 amide bonds. The Bertz CT molecular complexity index is 1140. The molecule has 1 aliphatic heterocycles. The maximum atomic E-state index is 12.8. The molecular formula is C25H18Cl2O3. The molecule has 30 heavy (non-hydrogen) atoms. The average Bonchev–Trinajstić information content (AvgIpc) is 3.05. The molecule has 5 heteroatoms. The summed E-state index contributed by atoms with van der Waals surface area (Å²) >= 11 is 12.4. The van der Waals surface area contributed by atoms with Crippen molar-refractivity contribution < 1.29 is 14.3 Å². The number of Topliss-reactive ketones (excluding diaryl/α,β-unsaturated/α-hetero) is 1. The Balaban J connectivity index is 1.52. The number of halogens is 2. The molecule has 0 N–H and O–H groups in total. The van der Waals surface area contributed by atoms with Gasteiger partial charge < -0.3 is 9.47 Å². The molecule has 150 valence electrons. The van der Waals surface area contributed by atoms with E-state index in [1.165, 1.54) is 0 Å². The van der Waals surface area contributed by atoms with Gasteiger partial charge in [-0.2, -0.15) is 0 Å². The van der Waals surface area contributed by atoms with Gasteiger partial charge in [-0.05, 0) is 48.4 Å². The predicted molar refractivity (Wildman–Crippen MR) is 122 cm³/mol. The highest BCUT2D eigenvalue weighted by molar-refractivity contribution is 6.37. The van der Waals surface area contributed by atoms with Crippen LogP contribution in [0.25, 0.3) is 12.2 Å². The van der Waals surface area contributed by atoms with Gasteiger partial charge in [0.1, 0.15) is 18.1 Å². The number of allylic oxidation sites excluding steroid dienone is 1. The summed E-state index contributed by atoms with van der Waals surface area (Å²) in [7, 11) is 0. The molecule has 0 fully saturated rings. The Hall–Kier alpha value is -3.01. The second kappa shape index (κ2) is 8.78. The van der Waals surface area contributed by atoms with E-state index in [9.17, 15) is 4.79 Å². The van der Waals surface area contributed by atoms with Crippen LogP contribution in [0.4, 0.5) is 0 Å². The Kier molecular flexibility index (Phi) is 5.93. The molecule has 0 saturated carbocycles. The van der Waals surface area contributed by atoms with Gasteiger partial charge in [0.25, 0.3) is 0 Å². The lowest BCUT2D eigenvalue weighted by Crippen LogP contribution is -2.00. The van der Waals surface area contributed by atoms with Crippen LogP contribution in [0.15, 0.2) is 72.5 Å². The lowest BCUT2D eigenvalue weighted by molar-refractivity contribution is 0.101. The van der Waals surface area contributed by atoms with Crippen LogP contribution < -0.4 is 9.47 Å². The van der Waals surface area contributed by atoms with E-state index in [4.69, 9.17) is 32.7 Å². The molecular weight excluding hydrogens is 419 g/mol. The number of ether oxygens (including phenoxy) is 2. The first-order valence-corrected chi connectivity index (χ1v) is 10.2. The summed E-state index contributed by atoms with van der Waals surface area (Å²) in [5, 5.41) is 0.904. The molecule has 3 aromatic rings. The zero-order valence-electron chi connectivity index (χ0n) is 16.2. The lowest BCUT2D eigenvalue weighted by Gasteiger charge is -2.07. The van der Waals surface area contributed by atoms with Gasteiger partial charge in [-0.15, -0.1) is 0 Å². The third-order valence-corrected chi connectivity index (χ3v) is 5.33. The Morgan fingerprint density at radius 1 is 1.00 bits per heavy atom. The fourth-order valence-corrected chi connectivity index (χ4v) is 3.74. The van der Waals surface area contributed by atoms with E-state index in [-0.39, 0.29) is 11.5 Å². The molecule has 0 radical (unpaired) electrons. The first kappa shape index (κ1) is 20.3. The van der Waals surface area contributed by atoms with Gasteiger partial charge in [-0.1, -0.05) is 65.7 Å². The van der Waals surface area contributed by atoms with Gasteiger partial charge in [0.05, 0.1) is 5.56 Å². The second-order valence-electron chi connectivity index (χ2n) is 6.81. The smallest absolute Gasteiger partial charge is 0.232 e. The fraction of sp³-hybridized carbons (Fsp3) is 0.0800. The van der Waals surface area contributed by atoms with Crippen molar-refractivity contribution in [2.45, 2.75) is 6.92 Å². The highest BCUT2D eigenvalue weighted by Gasteiger charge is 2.30. The molecule has 0 saturated heterocycles. The molecule has 1 heterocycles. The molecule has 0 aliphatic carbocycles. The minimum Gasteiger partial charge on any atom is -0.489 e. The van der Waals surface area contributed by atoms with Crippen LogP contribution in [0.1, 0.15) is 27.0 Å². The minimum absolute atomic E-state index is 0.184. The molecule has 0 bridgehead atoms. The van der Waals surface area contributed by atoms with Crippen molar-refractivity contribution in [3.63, 3.8) is 0 Å². The second-order valence-corrected chi connectivity index (χ2v) is 7.63. The average molecular weight is 437 g/mol. The summed E-state index contributed by atoms with van der Waals surface area (Å²) in [5.74, 6) is 1.09. The van der Waals surface area contributed by atoms with Crippen molar-refractivity contribution in [1.29, 1.82) is 0 Å². The Morgan fingerprint density at radius 2 is 1.73 bits per heavy atom. The molecule has 0 spiro atoms. The number of carbonyl (C=O) groups excluding carboxylic acids is 1. The van der Waals surface area contributed by atoms with E-state index in [2.05, 4.69) is 0 Å². The number of carbonyl (C=O) groups is 1. The van der Waals surface area contributed by atoms with Crippen LogP contribution in [0.2, 0.25) is 10.0 Å². The first-order chi connectivity index (χ1) is 14.5. The van der Waals surface area contributed by atoms with Crippen molar-refractivity contribution in [3.8, 4) is 11.5 Å². The SMILES string of the molecule is Cc1cc(OC/C=C/c2ccccc2)cc2c1C(=O)/C(=C/c1c(Cl)cccc1Cl)O2. The van der Waals surface area contributed by atoms with Crippen LogP contribution >= 0.6 is 23.2 Å². The number of rotatable bonds is 5. The Morgan fingerprint density at radius 3 is 2.47 bits per heavy atom. The van der Waals surface area contributed by atoms with Crippen molar-refractivity contribution >= 4 is 41.1 Å². The van der Waals surface area contributed by atoms with Crippen molar-refractivity contribution in [2.24, 2.45) is 0 Å². The largest absolute Gasteiger partial charge is 0.489 e. The van der Waals surface area contributed by atoms with Crippen LogP contribution in [-0.2, 0) is 0 Å². The minimum atomic E-state index is -0.200. The topological polar surface area (TPSA) is 35.5 Å². The molecule has 3 nitrogen and oxygen atoms in total. The van der Waals surface area contributed by atoms with E-state index in [1.807, 2.05) is 55.5 Å². The van der Waals surface area contributed by atoms with Crippen LogP contribution in [0.3, 0.4) is 0 Å². The van der Waals surface area contributed by atoms with Gasteiger partial charge in [0.2, 0.25) is 5.78 Å². The maximum Gasteiger partial charge on any atom is 0.232 e. The number of aryl methyl sites for hydroxylation is 1. The summed E-state index contributed by atoms with van der Waals surface area (Å²) in [6, 6.07) is 18.7. The molecule has 0 atom stereocenters. The zero-order valence-corrected chi connectivity index (χ0v) is 17.7. The van der Waals surface area contributed by atoms with E-state index >= 15 is 0 Å². The summed E-state index contributed by atoms with van der Waals surface area (Å²) in [6.07, 6.45) is 5.51. The normalized spacial score (nSPS) is 14.2. The van der Waals surface area contributed by atoms with Gasteiger partial charge in [0.15, 0.2) is 5.76 Å². The highest BCUT2D eigenvalue weighted by atomic mass is 35.5. The van der Waals surface area contributed by atoms with E-state index < -0.39 is 0 Å². The number of fused-ring (bicyclic) bond motifs is 1. The number of hydrogen-bond donors (Lipinski definition) is 0. The van der Waals surface area contributed by atoms with Crippen molar-refractivity contribution in [3.05, 3.63) is 105 Å². The monoisotopic (exact) mass is 436 g/mol. The summed E-state index contributed by atoms with van der Waals surface area (Å²) in [6.45, 7) is 2.26. The van der Waals surface area contributed by atoms with E-state index in [0.29, 0.717) is 39.3 Å². The predicted octanol–water partition coefficient (Wildman–Crippen LogP) is 7.01. The Labute approximate surface area is 185 Å². The third-order valence-electron chi connectivity index (χ3n) is 4.67. The van der Waals surface area contributed by atoms with Gasteiger partial charge in [-0.3, -0.25) is 4.79 Å². The molecule has 1 aliphatic rings. The van der Waals surface area contributed by atoms with Crippen LogP contribution in [0.5, 0.6) is 11.5 Å². The quantitative estimate of drug-likeness (QED) is 0.403. The fourth-order valence-electron chi connectivity index (χ4n) is 3.23. The van der Waals surface area contributed by atoms with Crippen molar-refractivity contribution in [2.75, 3.05) is 6.61 Å². The standard InChI is InChI=1S/C25H18Cl2O3/c1-16-13-18(29-12-6-9-17-7-3-2-4-8-17)14-22-24(16)25(28)23(30-22)15-19-20(26)10-5-11-21(19)27/h2-11,13-15H,12H2,1H3/b9-6+,23-15-. The molecule has 0 aromatic heterocycles. The molecule has 3 aromatic carbocycles. The van der Waals surface area contributed by atoms with Gasteiger partial charge in [0, 0.05) is 21.7 Å². The zero-order chi connectivity index (χ0) is 21.1. The van der Waals surface area contributed by atoms with Crippen molar-refractivity contribution in [1.82, 2.24) is 0 Å².